The number of pyridine rings is 1. The van der Waals surface area contributed by atoms with Crippen LogP contribution in [-0.4, -0.2) is 39.1 Å². The second-order valence-electron chi connectivity index (χ2n) is 8.58. The van der Waals surface area contributed by atoms with Crippen molar-refractivity contribution < 1.29 is 24.4 Å². The van der Waals surface area contributed by atoms with Gasteiger partial charge >= 0.3 is 5.97 Å². The maximum Gasteiger partial charge on any atom is 0.352 e. The zero-order chi connectivity index (χ0) is 22.6. The van der Waals surface area contributed by atoms with E-state index in [4.69, 9.17) is 5.73 Å². The number of amides is 1. The number of carboxylic acids is 1. The van der Waals surface area contributed by atoms with Gasteiger partial charge in [-0.25, -0.2) is 9.36 Å². The summed E-state index contributed by atoms with van der Waals surface area (Å²) in [6, 6.07) is 15.5. The molecule has 32 heavy (non-hydrogen) atoms. The summed E-state index contributed by atoms with van der Waals surface area (Å²) in [6.45, 7) is 2.26. The smallest absolute Gasteiger partial charge is 0.352 e. The lowest BCUT2D eigenvalue weighted by molar-refractivity contribution is -0.688. The Hall–Kier alpha value is -3.71. The monoisotopic (exact) mass is 430 g/mol. The summed E-state index contributed by atoms with van der Waals surface area (Å²) >= 11 is 0. The second kappa shape index (κ2) is 7.46. The predicted molar refractivity (Wildman–Crippen MR) is 119 cm³/mol. The number of β-lactam (4-membered cyclic amide) rings is 1. The molecule has 5 rings (SSSR count). The van der Waals surface area contributed by atoms with Crippen molar-refractivity contribution in [3.05, 3.63) is 77.7 Å². The van der Waals surface area contributed by atoms with E-state index in [1.807, 2.05) is 53.4 Å². The van der Waals surface area contributed by atoms with Gasteiger partial charge in [-0.2, -0.15) is 0 Å². The average molecular weight is 430 g/mol. The number of nitrogens with two attached hydrogens (primary N) is 1. The second-order valence-corrected chi connectivity index (χ2v) is 8.58. The number of hydrogen-bond donors (Lipinski definition) is 3. The van der Waals surface area contributed by atoms with Crippen molar-refractivity contribution in [2.24, 2.45) is 5.92 Å². The Morgan fingerprint density at radius 2 is 1.88 bits per heavy atom. The summed E-state index contributed by atoms with van der Waals surface area (Å²) in [6.07, 6.45) is 3.48. The molecule has 3 atom stereocenters. The molecule has 3 aromatic rings. The highest BCUT2D eigenvalue weighted by Crippen LogP contribution is 2.47. The summed E-state index contributed by atoms with van der Waals surface area (Å²) in [5.41, 5.74) is 9.04. The molecule has 2 aliphatic rings. The van der Waals surface area contributed by atoms with Crippen LogP contribution in [0.4, 0.5) is 5.69 Å². The normalized spacial score (nSPS) is 20.9. The quantitative estimate of drug-likeness (QED) is 0.425. The number of anilines is 1. The summed E-state index contributed by atoms with van der Waals surface area (Å²) in [4.78, 5) is 25.8. The number of hydrogen-bond acceptors (Lipinski definition) is 4. The standard InChI is InChI=1S/C25H23N3O4/c1-14(29)22-21-12-20(23(25(31)32)28(21)24(22)30)17-5-4-16-3-2-15(10-18(16)11-17)13-27-8-6-19(26)7-9-27/h2-11,14,21-22,26,29H,12-13H2,1H3,(H,31,32)/p+1/t14-,21-,22-/m1/s1. The first-order valence-corrected chi connectivity index (χ1v) is 10.6. The summed E-state index contributed by atoms with van der Waals surface area (Å²) in [7, 11) is 0. The lowest BCUT2D eigenvalue weighted by atomic mass is 9.82. The van der Waals surface area contributed by atoms with Crippen LogP contribution in [0.15, 0.2) is 66.6 Å². The highest BCUT2D eigenvalue weighted by molar-refractivity contribution is 6.06. The fourth-order valence-electron chi connectivity index (χ4n) is 4.89. The number of carbonyl (C=O) groups excluding carboxylic acids is 1. The van der Waals surface area contributed by atoms with Crippen LogP contribution in [-0.2, 0) is 16.1 Å². The van der Waals surface area contributed by atoms with Gasteiger partial charge in [0.1, 0.15) is 5.70 Å². The fraction of sp³-hybridized carbons (Fsp3) is 0.240. The summed E-state index contributed by atoms with van der Waals surface area (Å²) in [5.74, 6) is -1.99. The molecule has 0 radical (unpaired) electrons. The van der Waals surface area contributed by atoms with Gasteiger partial charge in [-0.05, 0) is 47.4 Å². The minimum Gasteiger partial charge on any atom is -0.477 e. The molecule has 0 aliphatic carbocycles. The first kappa shape index (κ1) is 20.2. The summed E-state index contributed by atoms with van der Waals surface area (Å²) in [5, 5.41) is 21.8. The Balaban J connectivity index is 1.51. The third kappa shape index (κ3) is 3.22. The van der Waals surface area contributed by atoms with E-state index in [0.29, 0.717) is 24.2 Å². The van der Waals surface area contributed by atoms with E-state index in [0.717, 1.165) is 21.9 Å². The molecule has 7 nitrogen and oxygen atoms in total. The van der Waals surface area contributed by atoms with Crippen molar-refractivity contribution in [1.29, 1.82) is 0 Å². The number of carboxylic acid groups (broad SMARTS) is 1. The number of fused-ring (bicyclic) bond motifs is 2. The van der Waals surface area contributed by atoms with Crippen molar-refractivity contribution in [1.82, 2.24) is 4.90 Å². The molecule has 7 heteroatoms. The Bertz CT molecular complexity index is 1280. The highest BCUT2D eigenvalue weighted by atomic mass is 16.4. The number of carbonyl (C=O) groups is 2. The third-order valence-electron chi connectivity index (χ3n) is 6.47. The van der Waals surface area contributed by atoms with Crippen molar-refractivity contribution in [2.45, 2.75) is 32.0 Å². The zero-order valence-electron chi connectivity index (χ0n) is 17.6. The van der Waals surface area contributed by atoms with Crippen molar-refractivity contribution >= 4 is 33.9 Å². The van der Waals surface area contributed by atoms with Crippen molar-refractivity contribution in [2.75, 3.05) is 5.73 Å². The third-order valence-corrected chi connectivity index (χ3v) is 6.47. The van der Waals surface area contributed by atoms with Crippen LogP contribution in [0.25, 0.3) is 16.3 Å². The van der Waals surface area contributed by atoms with Crippen LogP contribution < -0.4 is 10.3 Å². The van der Waals surface area contributed by atoms with Gasteiger partial charge in [-0.15, -0.1) is 0 Å². The van der Waals surface area contributed by atoms with Crippen molar-refractivity contribution in [3.8, 4) is 0 Å². The first-order chi connectivity index (χ1) is 15.3. The van der Waals surface area contributed by atoms with E-state index >= 15 is 0 Å². The molecular weight excluding hydrogens is 406 g/mol. The van der Waals surface area contributed by atoms with E-state index < -0.39 is 18.0 Å². The number of rotatable bonds is 5. The molecule has 1 saturated heterocycles. The number of nitrogens with zero attached hydrogens (tertiary/aromatic N) is 2. The summed E-state index contributed by atoms with van der Waals surface area (Å²) < 4.78 is 2.04. The lowest BCUT2D eigenvalue weighted by Gasteiger charge is -2.44. The molecule has 1 amide bonds. The van der Waals surface area contributed by atoms with Gasteiger partial charge in [0.15, 0.2) is 18.9 Å². The lowest BCUT2D eigenvalue weighted by Crippen LogP contribution is -2.61. The molecule has 2 aliphatic heterocycles. The Morgan fingerprint density at radius 3 is 2.56 bits per heavy atom. The van der Waals surface area contributed by atoms with Gasteiger partial charge < -0.3 is 20.8 Å². The van der Waals surface area contributed by atoms with Gasteiger partial charge in [0.05, 0.1) is 18.1 Å². The van der Waals surface area contributed by atoms with Gasteiger partial charge in [0.25, 0.3) is 0 Å². The van der Waals surface area contributed by atoms with Gasteiger partial charge in [-0.1, -0.05) is 24.3 Å². The largest absolute Gasteiger partial charge is 0.477 e. The zero-order valence-corrected chi connectivity index (χ0v) is 17.6. The van der Waals surface area contributed by atoms with E-state index in [-0.39, 0.29) is 17.6 Å². The molecule has 4 N–H and O–H groups in total. The Kier molecular flexibility index (Phi) is 4.71. The fourth-order valence-corrected chi connectivity index (χ4v) is 4.89. The molecule has 3 heterocycles. The first-order valence-electron chi connectivity index (χ1n) is 10.6. The number of benzene rings is 2. The van der Waals surface area contributed by atoms with Crippen LogP contribution >= 0.6 is 0 Å². The van der Waals surface area contributed by atoms with E-state index in [1.165, 1.54) is 4.90 Å². The molecule has 0 saturated carbocycles. The Morgan fingerprint density at radius 1 is 1.16 bits per heavy atom. The molecule has 1 aromatic heterocycles. The molecule has 0 spiro atoms. The number of aliphatic hydroxyl groups excluding tert-OH is 1. The molecule has 162 valence electrons. The van der Waals surface area contributed by atoms with Crippen LogP contribution in [0.3, 0.4) is 0 Å². The van der Waals surface area contributed by atoms with Crippen LogP contribution in [0, 0.1) is 5.92 Å². The van der Waals surface area contributed by atoms with Crippen LogP contribution in [0.2, 0.25) is 0 Å². The number of aromatic nitrogens is 1. The van der Waals surface area contributed by atoms with Gasteiger partial charge in [-0.3, -0.25) is 4.79 Å². The average Bonchev–Trinajstić information content (AvgIpc) is 3.10. The van der Waals surface area contributed by atoms with Crippen molar-refractivity contribution in [3.63, 3.8) is 0 Å². The van der Waals surface area contributed by atoms with E-state index in [1.54, 1.807) is 6.92 Å². The topological polar surface area (TPSA) is 108 Å². The maximum atomic E-state index is 12.5. The van der Waals surface area contributed by atoms with Crippen LogP contribution in [0.5, 0.6) is 0 Å². The maximum absolute atomic E-state index is 12.5. The van der Waals surface area contributed by atoms with Gasteiger partial charge in [0, 0.05) is 23.4 Å². The molecule has 0 unspecified atom stereocenters. The number of nitrogen functional groups attached to an aromatic ring is 1. The molecule has 1 fully saturated rings. The van der Waals surface area contributed by atoms with E-state index in [9.17, 15) is 19.8 Å². The minimum atomic E-state index is -1.12. The number of aliphatic hydroxyl groups is 1. The SMILES string of the molecule is C[C@@H](O)[C@H]1C(=O)N2C(C(=O)O)=C(c3ccc4ccc(C[n+]5ccc(N)cc5)cc4c3)C[C@H]12. The van der Waals surface area contributed by atoms with E-state index in [2.05, 4.69) is 12.1 Å². The Labute approximate surface area is 185 Å². The molecule has 0 bridgehead atoms. The molecular formula is C25H24N3O4+. The van der Waals surface area contributed by atoms with Crippen LogP contribution in [0.1, 0.15) is 24.5 Å². The minimum absolute atomic E-state index is 0.0323. The van der Waals surface area contributed by atoms with Gasteiger partial charge in [0.2, 0.25) is 5.91 Å². The highest BCUT2D eigenvalue weighted by Gasteiger charge is 2.56. The number of aliphatic carboxylic acids is 1. The predicted octanol–water partition coefficient (Wildman–Crippen LogP) is 2.16. The molecule has 2 aromatic carbocycles.